The van der Waals surface area contributed by atoms with Gasteiger partial charge in [0, 0.05) is 18.1 Å². The molecule has 0 unspecified atom stereocenters. The Bertz CT molecular complexity index is 904. The van der Waals surface area contributed by atoms with Crippen LogP contribution in [-0.2, 0) is 4.79 Å². The summed E-state index contributed by atoms with van der Waals surface area (Å²) < 4.78 is 11.0. The normalized spacial score (nSPS) is 16.0. The zero-order chi connectivity index (χ0) is 21.7. The Labute approximate surface area is 179 Å². The number of likely N-dealkylation sites (N-methyl/N-ethyl adjacent to an activating group) is 1. The molecule has 0 bridgehead atoms. The first kappa shape index (κ1) is 21.8. The Hall–Kier alpha value is -2.86. The molecule has 6 nitrogen and oxygen atoms in total. The number of amides is 1. The van der Waals surface area contributed by atoms with Crippen molar-refractivity contribution in [1.29, 1.82) is 0 Å². The Morgan fingerprint density at radius 2 is 1.80 bits per heavy atom. The van der Waals surface area contributed by atoms with Gasteiger partial charge in [0.2, 0.25) is 0 Å². The van der Waals surface area contributed by atoms with Crippen molar-refractivity contribution in [2.45, 2.75) is 33.2 Å². The summed E-state index contributed by atoms with van der Waals surface area (Å²) in [6.07, 6.45) is 0.635. The zero-order valence-corrected chi connectivity index (χ0v) is 18.5. The number of benzene rings is 2. The first-order valence-corrected chi connectivity index (χ1v) is 10.4. The maximum Gasteiger partial charge on any atom is 0.257 e. The lowest BCUT2D eigenvalue weighted by atomic mass is 9.97. The number of nitrogens with zero attached hydrogens (tertiary/aromatic N) is 3. The number of ether oxygens (including phenoxy) is 2. The predicted octanol–water partition coefficient (Wildman–Crippen LogP) is 4.03. The fourth-order valence-corrected chi connectivity index (χ4v) is 3.71. The molecule has 0 saturated heterocycles. The van der Waals surface area contributed by atoms with E-state index in [1.54, 1.807) is 19.2 Å². The van der Waals surface area contributed by atoms with E-state index in [0.29, 0.717) is 24.5 Å². The molecule has 1 amide bonds. The Morgan fingerprint density at radius 1 is 1.10 bits per heavy atom. The maximum absolute atomic E-state index is 13.2. The van der Waals surface area contributed by atoms with E-state index in [1.807, 2.05) is 18.2 Å². The lowest BCUT2D eigenvalue weighted by molar-refractivity contribution is -0.134. The summed E-state index contributed by atoms with van der Waals surface area (Å²) in [5.74, 6) is 1.40. The fourth-order valence-electron chi connectivity index (χ4n) is 3.71. The summed E-state index contributed by atoms with van der Waals surface area (Å²) in [6, 6.07) is 13.8. The van der Waals surface area contributed by atoms with Gasteiger partial charge in [-0.25, -0.2) is 5.01 Å². The molecule has 6 heteroatoms. The van der Waals surface area contributed by atoms with Gasteiger partial charge in [0.1, 0.15) is 11.5 Å². The third kappa shape index (κ3) is 4.65. The topological polar surface area (TPSA) is 54.4 Å². The number of hydrogen-bond acceptors (Lipinski definition) is 5. The Morgan fingerprint density at radius 3 is 2.40 bits per heavy atom. The molecule has 160 valence electrons. The van der Waals surface area contributed by atoms with E-state index in [2.05, 4.69) is 49.9 Å². The monoisotopic (exact) mass is 409 g/mol. The third-order valence-electron chi connectivity index (χ3n) is 5.60. The summed E-state index contributed by atoms with van der Waals surface area (Å²) in [4.78, 5) is 15.3. The number of carbonyl (C=O) groups excluding carboxylic acids is 1. The van der Waals surface area contributed by atoms with Gasteiger partial charge in [-0.2, -0.15) is 5.10 Å². The van der Waals surface area contributed by atoms with Crippen molar-refractivity contribution < 1.29 is 14.3 Å². The van der Waals surface area contributed by atoms with Crippen LogP contribution in [0.3, 0.4) is 0 Å². The maximum atomic E-state index is 13.2. The molecule has 0 radical (unpaired) electrons. The van der Waals surface area contributed by atoms with Crippen LogP contribution in [0.25, 0.3) is 0 Å². The molecule has 0 spiro atoms. The third-order valence-corrected chi connectivity index (χ3v) is 5.60. The molecular formula is C24H31N3O3. The average molecular weight is 410 g/mol. The largest absolute Gasteiger partial charge is 0.497 e. The molecule has 0 aromatic heterocycles. The van der Waals surface area contributed by atoms with Crippen molar-refractivity contribution in [3.05, 3.63) is 59.2 Å². The molecule has 1 aliphatic heterocycles. The molecule has 0 aliphatic carbocycles. The summed E-state index contributed by atoms with van der Waals surface area (Å²) >= 11 is 0. The molecule has 1 aliphatic rings. The van der Waals surface area contributed by atoms with Crippen LogP contribution >= 0.6 is 0 Å². The number of hydrogen-bond donors (Lipinski definition) is 0. The van der Waals surface area contributed by atoms with Gasteiger partial charge in [-0.3, -0.25) is 9.69 Å². The highest BCUT2D eigenvalue weighted by Gasteiger charge is 2.35. The van der Waals surface area contributed by atoms with Gasteiger partial charge < -0.3 is 9.47 Å². The Balaban J connectivity index is 1.98. The van der Waals surface area contributed by atoms with Crippen molar-refractivity contribution in [3.63, 3.8) is 0 Å². The molecule has 0 fully saturated rings. The number of methoxy groups -OCH3 is 2. The minimum Gasteiger partial charge on any atom is -0.497 e. The van der Waals surface area contributed by atoms with Crippen LogP contribution in [0.4, 0.5) is 0 Å². The molecule has 30 heavy (non-hydrogen) atoms. The van der Waals surface area contributed by atoms with E-state index in [9.17, 15) is 4.79 Å². The number of hydrazone groups is 1. The molecule has 2 aromatic carbocycles. The van der Waals surface area contributed by atoms with Gasteiger partial charge in [-0.05, 0) is 37.7 Å². The number of carbonyl (C=O) groups is 1. The minimum atomic E-state index is -0.217. The molecule has 1 atom stereocenters. The quantitative estimate of drug-likeness (QED) is 0.661. The van der Waals surface area contributed by atoms with Crippen molar-refractivity contribution in [2.75, 3.05) is 33.9 Å². The van der Waals surface area contributed by atoms with E-state index in [-0.39, 0.29) is 11.9 Å². The zero-order valence-electron chi connectivity index (χ0n) is 18.5. The minimum absolute atomic E-state index is 0.0105. The van der Waals surface area contributed by atoms with Crippen LogP contribution in [0, 0.1) is 6.92 Å². The van der Waals surface area contributed by atoms with Crippen LogP contribution in [0.2, 0.25) is 0 Å². The second kappa shape index (κ2) is 9.76. The van der Waals surface area contributed by atoms with E-state index in [4.69, 9.17) is 14.6 Å². The first-order chi connectivity index (χ1) is 14.5. The molecule has 1 heterocycles. The SMILES string of the molecule is CCN(CC)CC(=O)N1N=C(c2ccc(C)cc2)C[C@@H]1c1ccc(OC)cc1OC. The standard InChI is InChI=1S/C24H31N3O3/c1-6-26(7-2)16-24(28)27-22(20-13-12-19(29-4)14-23(20)30-5)15-21(25-27)18-10-8-17(3)9-11-18/h8-14,22H,6-7,15-16H2,1-5H3/t22-/m1/s1. The molecular weight excluding hydrogens is 378 g/mol. The molecule has 2 aromatic rings. The van der Waals surface area contributed by atoms with Crippen LogP contribution < -0.4 is 9.47 Å². The summed E-state index contributed by atoms with van der Waals surface area (Å²) in [7, 11) is 3.26. The highest BCUT2D eigenvalue weighted by Crippen LogP contribution is 2.39. The average Bonchev–Trinajstić information content (AvgIpc) is 3.22. The van der Waals surface area contributed by atoms with Gasteiger partial charge >= 0.3 is 0 Å². The molecule has 0 saturated carbocycles. The van der Waals surface area contributed by atoms with E-state index in [1.165, 1.54) is 5.56 Å². The molecule has 3 rings (SSSR count). The van der Waals surface area contributed by atoms with Gasteiger partial charge in [0.05, 0.1) is 32.5 Å². The summed E-state index contributed by atoms with van der Waals surface area (Å²) in [5, 5.41) is 6.41. The predicted molar refractivity (Wildman–Crippen MR) is 119 cm³/mol. The highest BCUT2D eigenvalue weighted by molar-refractivity contribution is 6.03. The number of rotatable bonds is 8. The summed E-state index contributed by atoms with van der Waals surface area (Å²) in [6.45, 7) is 8.16. The lowest BCUT2D eigenvalue weighted by Gasteiger charge is -2.26. The first-order valence-electron chi connectivity index (χ1n) is 10.4. The van der Waals surface area contributed by atoms with Gasteiger partial charge in [0.15, 0.2) is 0 Å². The van der Waals surface area contributed by atoms with Crippen LogP contribution in [0.15, 0.2) is 47.6 Å². The van der Waals surface area contributed by atoms with E-state index in [0.717, 1.165) is 29.9 Å². The second-order valence-electron chi connectivity index (χ2n) is 7.44. The van der Waals surface area contributed by atoms with Crippen LogP contribution in [0.5, 0.6) is 11.5 Å². The number of aryl methyl sites for hydroxylation is 1. The van der Waals surface area contributed by atoms with Crippen molar-refractivity contribution >= 4 is 11.6 Å². The van der Waals surface area contributed by atoms with Gasteiger partial charge in [0.25, 0.3) is 5.91 Å². The molecule has 0 N–H and O–H groups in total. The van der Waals surface area contributed by atoms with Gasteiger partial charge in [-0.15, -0.1) is 0 Å². The van der Waals surface area contributed by atoms with Crippen LogP contribution in [-0.4, -0.2) is 55.4 Å². The van der Waals surface area contributed by atoms with Crippen molar-refractivity contribution in [2.24, 2.45) is 5.10 Å². The Kier molecular flexibility index (Phi) is 7.11. The second-order valence-corrected chi connectivity index (χ2v) is 7.44. The van der Waals surface area contributed by atoms with Crippen molar-refractivity contribution in [1.82, 2.24) is 9.91 Å². The highest BCUT2D eigenvalue weighted by atomic mass is 16.5. The van der Waals surface area contributed by atoms with E-state index >= 15 is 0 Å². The fraction of sp³-hybridized carbons (Fsp3) is 0.417. The van der Waals surface area contributed by atoms with Gasteiger partial charge in [-0.1, -0.05) is 43.7 Å². The summed E-state index contributed by atoms with van der Waals surface area (Å²) in [5.41, 5.74) is 4.07. The van der Waals surface area contributed by atoms with E-state index < -0.39 is 0 Å². The smallest absolute Gasteiger partial charge is 0.257 e. The van der Waals surface area contributed by atoms with Crippen LogP contribution in [0.1, 0.15) is 43.0 Å². The van der Waals surface area contributed by atoms with Crippen molar-refractivity contribution in [3.8, 4) is 11.5 Å². The lowest BCUT2D eigenvalue weighted by Crippen LogP contribution is -2.38.